The van der Waals surface area contributed by atoms with Crippen LogP contribution < -0.4 is 14.5 Å². The molecule has 0 aliphatic carbocycles. The van der Waals surface area contributed by atoms with Gasteiger partial charge in [-0.25, -0.2) is 12.8 Å². The summed E-state index contributed by atoms with van der Waals surface area (Å²) in [6.07, 6.45) is 0.942. The Balaban J connectivity index is 1.60. The fourth-order valence-corrected chi connectivity index (χ4v) is 3.93. The van der Waals surface area contributed by atoms with E-state index in [9.17, 15) is 17.6 Å². The average molecular weight is 421 g/mol. The number of para-hydroxylation sites is 1. The van der Waals surface area contributed by atoms with Crippen molar-refractivity contribution < 1.29 is 22.3 Å². The molecule has 1 amide bonds. The van der Waals surface area contributed by atoms with Crippen LogP contribution in [0.1, 0.15) is 5.56 Å². The highest BCUT2D eigenvalue weighted by Gasteiger charge is 2.23. The van der Waals surface area contributed by atoms with E-state index in [-0.39, 0.29) is 12.2 Å². The van der Waals surface area contributed by atoms with Gasteiger partial charge in [-0.2, -0.15) is 0 Å². The molecule has 1 fully saturated rings. The summed E-state index contributed by atoms with van der Waals surface area (Å²) in [7, 11) is -3.82. The highest BCUT2D eigenvalue weighted by atomic mass is 32.2. The Morgan fingerprint density at radius 2 is 1.79 bits per heavy atom. The minimum atomic E-state index is -3.82. The van der Waals surface area contributed by atoms with Crippen molar-refractivity contribution in [1.82, 2.24) is 5.32 Å². The van der Waals surface area contributed by atoms with Crippen molar-refractivity contribution in [3.05, 3.63) is 59.9 Å². The van der Waals surface area contributed by atoms with Crippen LogP contribution in [0.25, 0.3) is 0 Å². The summed E-state index contributed by atoms with van der Waals surface area (Å²) in [4.78, 5) is 14.5. The van der Waals surface area contributed by atoms with Gasteiger partial charge in [-0.3, -0.25) is 9.10 Å². The first-order valence-corrected chi connectivity index (χ1v) is 11.1. The van der Waals surface area contributed by atoms with Gasteiger partial charge in [0.05, 0.1) is 25.2 Å². The van der Waals surface area contributed by atoms with E-state index >= 15 is 0 Å². The topological polar surface area (TPSA) is 79.0 Å². The lowest BCUT2D eigenvalue weighted by Crippen LogP contribution is -2.40. The number of hydrogen-bond donors (Lipinski definition) is 1. The third-order valence-electron chi connectivity index (χ3n) is 4.61. The maximum absolute atomic E-state index is 14.0. The number of rotatable bonds is 7. The molecule has 0 unspecified atom stereocenters. The molecular formula is C20H24FN3O4S. The molecular weight excluding hydrogens is 397 g/mol. The summed E-state index contributed by atoms with van der Waals surface area (Å²) >= 11 is 0. The Labute approximate surface area is 170 Å². The molecule has 0 bridgehead atoms. The smallest absolute Gasteiger partial charge is 0.241 e. The van der Waals surface area contributed by atoms with Crippen LogP contribution in [-0.2, 0) is 26.1 Å². The first kappa shape index (κ1) is 21.1. The molecule has 1 N–H and O–H groups in total. The van der Waals surface area contributed by atoms with E-state index in [0.29, 0.717) is 13.2 Å². The van der Waals surface area contributed by atoms with Crippen molar-refractivity contribution in [2.24, 2.45) is 0 Å². The second-order valence-corrected chi connectivity index (χ2v) is 8.67. The van der Waals surface area contributed by atoms with Crippen molar-refractivity contribution in [2.45, 2.75) is 6.54 Å². The van der Waals surface area contributed by atoms with E-state index in [4.69, 9.17) is 4.74 Å². The Morgan fingerprint density at radius 1 is 1.14 bits per heavy atom. The van der Waals surface area contributed by atoms with Crippen LogP contribution in [-0.4, -0.2) is 53.4 Å². The first-order valence-electron chi connectivity index (χ1n) is 9.25. The van der Waals surface area contributed by atoms with Gasteiger partial charge >= 0.3 is 0 Å². The largest absolute Gasteiger partial charge is 0.378 e. The standard InChI is InChI=1S/C20H24FN3O4S/c1-29(26,27)24(19-5-3-2-4-18(19)21)15-20(25)22-14-16-6-8-17(9-7-16)23-10-12-28-13-11-23/h2-9H,10-15H2,1H3,(H,22,25). The molecule has 1 aliphatic heterocycles. The van der Waals surface area contributed by atoms with Crippen molar-refractivity contribution in [3.8, 4) is 0 Å². The van der Waals surface area contributed by atoms with E-state index < -0.39 is 28.3 Å². The van der Waals surface area contributed by atoms with Gasteiger partial charge in [0.2, 0.25) is 15.9 Å². The lowest BCUT2D eigenvalue weighted by molar-refractivity contribution is -0.119. The number of nitrogens with one attached hydrogen (secondary N) is 1. The van der Waals surface area contributed by atoms with Crippen LogP contribution in [0.5, 0.6) is 0 Å². The van der Waals surface area contributed by atoms with E-state index in [1.807, 2.05) is 24.3 Å². The molecule has 7 nitrogen and oxygen atoms in total. The van der Waals surface area contributed by atoms with Crippen molar-refractivity contribution in [1.29, 1.82) is 0 Å². The summed E-state index contributed by atoms with van der Waals surface area (Å²) in [5, 5.41) is 2.69. The highest BCUT2D eigenvalue weighted by Crippen LogP contribution is 2.21. The molecule has 0 saturated carbocycles. The van der Waals surface area contributed by atoms with E-state index in [1.165, 1.54) is 18.2 Å². The van der Waals surface area contributed by atoms with Crippen molar-refractivity contribution in [2.75, 3.05) is 48.3 Å². The molecule has 1 aliphatic rings. The fraction of sp³-hybridized carbons (Fsp3) is 0.350. The number of halogens is 1. The number of ether oxygens (including phenoxy) is 1. The predicted octanol–water partition coefficient (Wildman–Crippen LogP) is 1.74. The molecule has 2 aromatic carbocycles. The van der Waals surface area contributed by atoms with Crippen molar-refractivity contribution >= 4 is 27.3 Å². The third kappa shape index (κ3) is 5.68. The number of nitrogens with zero attached hydrogens (tertiary/aromatic N) is 2. The Hall–Kier alpha value is -2.65. The van der Waals surface area contributed by atoms with Gasteiger partial charge in [-0.05, 0) is 29.8 Å². The molecule has 3 rings (SSSR count). The Kier molecular flexibility index (Phi) is 6.71. The summed E-state index contributed by atoms with van der Waals surface area (Å²) in [5.74, 6) is -1.22. The molecule has 156 valence electrons. The number of amides is 1. The maximum Gasteiger partial charge on any atom is 0.241 e. The van der Waals surface area contributed by atoms with Gasteiger partial charge in [0.1, 0.15) is 12.4 Å². The summed E-state index contributed by atoms with van der Waals surface area (Å²) in [6.45, 7) is 2.84. The minimum Gasteiger partial charge on any atom is -0.378 e. The van der Waals surface area contributed by atoms with Gasteiger partial charge in [0.15, 0.2) is 0 Å². The van der Waals surface area contributed by atoms with Crippen molar-refractivity contribution in [3.63, 3.8) is 0 Å². The monoisotopic (exact) mass is 421 g/mol. The fourth-order valence-electron chi connectivity index (χ4n) is 3.07. The zero-order chi connectivity index (χ0) is 20.9. The van der Waals surface area contributed by atoms with Crippen LogP contribution in [0, 0.1) is 5.82 Å². The molecule has 0 spiro atoms. The highest BCUT2D eigenvalue weighted by molar-refractivity contribution is 7.92. The van der Waals surface area contributed by atoms with Crippen LogP contribution >= 0.6 is 0 Å². The SMILES string of the molecule is CS(=O)(=O)N(CC(=O)NCc1ccc(N2CCOCC2)cc1)c1ccccc1F. The molecule has 1 saturated heterocycles. The summed E-state index contributed by atoms with van der Waals surface area (Å²) < 4.78 is 44.2. The summed E-state index contributed by atoms with van der Waals surface area (Å²) in [6, 6.07) is 13.2. The number of carbonyl (C=O) groups is 1. The van der Waals surface area contributed by atoms with E-state index in [1.54, 1.807) is 0 Å². The average Bonchev–Trinajstić information content (AvgIpc) is 2.71. The normalized spacial score (nSPS) is 14.5. The number of sulfonamides is 1. The van der Waals surface area contributed by atoms with Crippen LogP contribution in [0.15, 0.2) is 48.5 Å². The second-order valence-electron chi connectivity index (χ2n) is 6.76. The van der Waals surface area contributed by atoms with Crippen LogP contribution in [0.2, 0.25) is 0 Å². The first-order chi connectivity index (χ1) is 13.8. The zero-order valence-corrected chi connectivity index (χ0v) is 17.0. The van der Waals surface area contributed by atoms with Gasteiger partial charge in [-0.1, -0.05) is 24.3 Å². The molecule has 0 radical (unpaired) electrons. The molecule has 0 atom stereocenters. The minimum absolute atomic E-state index is 0.153. The lowest BCUT2D eigenvalue weighted by atomic mass is 10.2. The Morgan fingerprint density at radius 3 is 2.41 bits per heavy atom. The van der Waals surface area contributed by atoms with E-state index in [0.717, 1.165) is 41.0 Å². The van der Waals surface area contributed by atoms with Gasteiger partial charge in [-0.15, -0.1) is 0 Å². The molecule has 2 aromatic rings. The number of anilines is 2. The third-order valence-corrected chi connectivity index (χ3v) is 5.74. The van der Waals surface area contributed by atoms with Crippen LogP contribution in [0.4, 0.5) is 15.8 Å². The number of carbonyl (C=O) groups excluding carboxylic acids is 1. The molecule has 0 aromatic heterocycles. The summed E-state index contributed by atoms with van der Waals surface area (Å²) in [5.41, 5.74) is 1.82. The Bertz CT molecular complexity index is 944. The molecule has 1 heterocycles. The molecule has 9 heteroatoms. The maximum atomic E-state index is 14.0. The van der Waals surface area contributed by atoms with Gasteiger partial charge in [0.25, 0.3) is 0 Å². The molecule has 29 heavy (non-hydrogen) atoms. The predicted molar refractivity (Wildman–Crippen MR) is 110 cm³/mol. The van der Waals surface area contributed by atoms with Gasteiger partial charge < -0.3 is 15.0 Å². The van der Waals surface area contributed by atoms with Crippen LogP contribution in [0.3, 0.4) is 0 Å². The second kappa shape index (κ2) is 9.23. The lowest BCUT2D eigenvalue weighted by Gasteiger charge is -2.29. The van der Waals surface area contributed by atoms with Gasteiger partial charge in [0, 0.05) is 25.3 Å². The number of hydrogen-bond acceptors (Lipinski definition) is 5. The quantitative estimate of drug-likeness (QED) is 0.737. The van der Waals surface area contributed by atoms with E-state index in [2.05, 4.69) is 10.2 Å². The number of morpholine rings is 1. The number of benzene rings is 2. The zero-order valence-electron chi connectivity index (χ0n) is 16.2.